The first-order valence-corrected chi connectivity index (χ1v) is 10.1. The minimum atomic E-state index is -2.66. The van der Waals surface area contributed by atoms with Crippen molar-refractivity contribution in [2.75, 3.05) is 18.4 Å². The molecule has 162 valence electrons. The number of carbonyl (C=O) groups excluding carboxylic acids is 2. The quantitative estimate of drug-likeness (QED) is 0.797. The normalized spacial score (nSPS) is 22.9. The molecule has 2 heterocycles. The fourth-order valence-electron chi connectivity index (χ4n) is 3.75. The van der Waals surface area contributed by atoms with Crippen LogP contribution in [-0.4, -0.2) is 47.2 Å². The average molecular weight is 413 g/mol. The Morgan fingerprint density at radius 2 is 1.97 bits per heavy atom. The van der Waals surface area contributed by atoms with E-state index in [0.717, 1.165) is 0 Å². The van der Waals surface area contributed by atoms with Gasteiger partial charge in [-0.15, -0.1) is 0 Å². The van der Waals surface area contributed by atoms with Crippen LogP contribution in [0, 0.1) is 5.92 Å². The number of ether oxygens (including phenoxy) is 1. The lowest BCUT2D eigenvalue weighted by Crippen LogP contribution is -2.47. The highest BCUT2D eigenvalue weighted by Gasteiger charge is 2.39. The zero-order valence-electron chi connectivity index (χ0n) is 17.2. The SMILES string of the molecule is CC(C)(C)c1cc(NC(=O)O[C@@H]2CCCN(C(=O)C3CCC(F)(F)CC3)C2)no1. The van der Waals surface area contributed by atoms with Crippen molar-refractivity contribution in [3.63, 3.8) is 0 Å². The molecule has 3 rings (SSSR count). The number of aromatic nitrogens is 1. The van der Waals surface area contributed by atoms with Crippen molar-refractivity contribution in [3.8, 4) is 0 Å². The number of halogens is 2. The average Bonchev–Trinajstić information content (AvgIpc) is 3.10. The summed E-state index contributed by atoms with van der Waals surface area (Å²) in [5.74, 6) is -2.23. The van der Waals surface area contributed by atoms with Crippen molar-refractivity contribution in [3.05, 3.63) is 11.8 Å². The molecule has 1 aromatic heterocycles. The zero-order chi connectivity index (χ0) is 21.2. The number of nitrogens with one attached hydrogen (secondary N) is 1. The number of amides is 2. The molecular formula is C20H29F2N3O4. The summed E-state index contributed by atoms with van der Waals surface area (Å²) in [5.41, 5.74) is -0.232. The summed E-state index contributed by atoms with van der Waals surface area (Å²) in [7, 11) is 0. The molecule has 1 aliphatic carbocycles. The lowest BCUT2D eigenvalue weighted by molar-refractivity contribution is -0.142. The third-order valence-electron chi connectivity index (χ3n) is 5.51. The van der Waals surface area contributed by atoms with Gasteiger partial charge in [-0.05, 0) is 25.7 Å². The first kappa shape index (κ1) is 21.5. The molecule has 1 saturated heterocycles. The second kappa shape index (κ2) is 8.28. The van der Waals surface area contributed by atoms with Gasteiger partial charge in [0, 0.05) is 36.8 Å². The highest BCUT2D eigenvalue weighted by molar-refractivity contribution is 5.83. The molecule has 2 amide bonds. The van der Waals surface area contributed by atoms with Gasteiger partial charge < -0.3 is 14.2 Å². The van der Waals surface area contributed by atoms with Crippen molar-refractivity contribution in [1.82, 2.24) is 10.1 Å². The molecule has 1 saturated carbocycles. The molecule has 1 N–H and O–H groups in total. The molecule has 0 unspecified atom stereocenters. The number of carbonyl (C=O) groups is 2. The van der Waals surface area contributed by atoms with Gasteiger partial charge >= 0.3 is 6.09 Å². The largest absolute Gasteiger partial charge is 0.444 e. The summed E-state index contributed by atoms with van der Waals surface area (Å²) in [6, 6.07) is 1.65. The fraction of sp³-hybridized carbons (Fsp3) is 0.750. The van der Waals surface area contributed by atoms with Gasteiger partial charge in [-0.2, -0.15) is 0 Å². The van der Waals surface area contributed by atoms with Gasteiger partial charge in [0.05, 0.1) is 6.54 Å². The Morgan fingerprint density at radius 3 is 2.59 bits per heavy atom. The van der Waals surface area contributed by atoms with Crippen LogP contribution in [0.1, 0.15) is 65.1 Å². The van der Waals surface area contributed by atoms with Gasteiger partial charge in [0.1, 0.15) is 11.9 Å². The maximum Gasteiger partial charge on any atom is 0.413 e. The van der Waals surface area contributed by atoms with E-state index in [4.69, 9.17) is 9.26 Å². The minimum absolute atomic E-state index is 0.111. The molecule has 2 aliphatic rings. The molecule has 7 nitrogen and oxygen atoms in total. The van der Waals surface area contributed by atoms with E-state index >= 15 is 0 Å². The van der Waals surface area contributed by atoms with E-state index in [9.17, 15) is 18.4 Å². The van der Waals surface area contributed by atoms with Crippen molar-refractivity contribution in [2.24, 2.45) is 5.92 Å². The van der Waals surface area contributed by atoms with E-state index in [-0.39, 0.29) is 55.3 Å². The lowest BCUT2D eigenvalue weighted by Gasteiger charge is -2.36. The number of rotatable bonds is 3. The number of hydrogen-bond donors (Lipinski definition) is 1. The van der Waals surface area contributed by atoms with E-state index in [1.165, 1.54) is 0 Å². The van der Waals surface area contributed by atoms with E-state index < -0.39 is 18.1 Å². The van der Waals surface area contributed by atoms with Gasteiger partial charge in [0.2, 0.25) is 11.8 Å². The van der Waals surface area contributed by atoms with E-state index in [1.807, 2.05) is 20.8 Å². The summed E-state index contributed by atoms with van der Waals surface area (Å²) in [4.78, 5) is 26.5. The van der Waals surface area contributed by atoms with Crippen LogP contribution in [-0.2, 0) is 14.9 Å². The topological polar surface area (TPSA) is 84.7 Å². The first-order chi connectivity index (χ1) is 13.5. The van der Waals surface area contributed by atoms with Crippen LogP contribution < -0.4 is 5.32 Å². The second-order valence-corrected chi connectivity index (χ2v) is 9.04. The van der Waals surface area contributed by atoms with Crippen LogP contribution in [0.25, 0.3) is 0 Å². The Kier molecular flexibility index (Phi) is 6.14. The highest BCUT2D eigenvalue weighted by Crippen LogP contribution is 2.37. The summed E-state index contributed by atoms with van der Waals surface area (Å²) in [6.07, 6.45) is 0.174. The standard InChI is InChI=1S/C20H29F2N3O4/c1-19(2,3)15-11-16(24-29-15)23-18(27)28-14-5-4-10-25(12-14)17(26)13-6-8-20(21,22)9-7-13/h11,13-14H,4-10,12H2,1-3H3,(H,23,24,27)/t14-/m1/s1. The van der Waals surface area contributed by atoms with Gasteiger partial charge in [-0.1, -0.05) is 25.9 Å². The Bertz CT molecular complexity index is 734. The number of nitrogens with zero attached hydrogens (tertiary/aromatic N) is 2. The zero-order valence-corrected chi connectivity index (χ0v) is 17.2. The smallest absolute Gasteiger partial charge is 0.413 e. The number of piperidine rings is 1. The van der Waals surface area contributed by atoms with E-state index in [2.05, 4.69) is 10.5 Å². The van der Waals surface area contributed by atoms with Crippen LogP contribution in [0.4, 0.5) is 19.4 Å². The Balaban J connectivity index is 1.49. The van der Waals surface area contributed by atoms with Crippen LogP contribution in [0.2, 0.25) is 0 Å². The molecule has 29 heavy (non-hydrogen) atoms. The summed E-state index contributed by atoms with van der Waals surface area (Å²) >= 11 is 0. The number of likely N-dealkylation sites (tertiary alicyclic amines) is 1. The number of hydrogen-bond acceptors (Lipinski definition) is 5. The summed E-state index contributed by atoms with van der Waals surface area (Å²) in [5, 5.41) is 6.36. The predicted molar refractivity (Wildman–Crippen MR) is 102 cm³/mol. The van der Waals surface area contributed by atoms with E-state index in [1.54, 1.807) is 11.0 Å². The Labute approximate surface area is 169 Å². The monoisotopic (exact) mass is 413 g/mol. The molecule has 1 aromatic rings. The molecule has 1 aliphatic heterocycles. The van der Waals surface area contributed by atoms with Gasteiger partial charge in [-0.25, -0.2) is 13.6 Å². The molecule has 0 spiro atoms. The third-order valence-corrected chi connectivity index (χ3v) is 5.51. The molecule has 0 radical (unpaired) electrons. The molecule has 2 fully saturated rings. The molecule has 0 aromatic carbocycles. The van der Waals surface area contributed by atoms with Crippen molar-refractivity contribution in [1.29, 1.82) is 0 Å². The summed E-state index contributed by atoms with van der Waals surface area (Å²) < 4.78 is 37.3. The molecule has 1 atom stereocenters. The van der Waals surface area contributed by atoms with Crippen LogP contribution in [0.15, 0.2) is 10.6 Å². The van der Waals surface area contributed by atoms with Crippen molar-refractivity contribution in [2.45, 2.75) is 76.7 Å². The van der Waals surface area contributed by atoms with Crippen LogP contribution in [0.3, 0.4) is 0 Å². The van der Waals surface area contributed by atoms with Crippen LogP contribution in [0.5, 0.6) is 0 Å². The van der Waals surface area contributed by atoms with Crippen LogP contribution >= 0.6 is 0 Å². The number of alkyl halides is 2. The fourth-order valence-corrected chi connectivity index (χ4v) is 3.75. The van der Waals surface area contributed by atoms with Gasteiger partial charge in [0.15, 0.2) is 5.82 Å². The highest BCUT2D eigenvalue weighted by atomic mass is 19.3. The summed E-state index contributed by atoms with van der Waals surface area (Å²) in [6.45, 7) is 6.75. The van der Waals surface area contributed by atoms with Gasteiger partial charge in [-0.3, -0.25) is 10.1 Å². The van der Waals surface area contributed by atoms with E-state index in [0.29, 0.717) is 25.1 Å². The third kappa shape index (κ3) is 5.67. The predicted octanol–water partition coefficient (Wildman–Crippen LogP) is 4.34. The molecule has 9 heteroatoms. The lowest BCUT2D eigenvalue weighted by atomic mass is 9.85. The first-order valence-electron chi connectivity index (χ1n) is 10.1. The Hall–Kier alpha value is -2.19. The van der Waals surface area contributed by atoms with Gasteiger partial charge in [0.25, 0.3) is 0 Å². The maximum absolute atomic E-state index is 13.3. The van der Waals surface area contributed by atoms with Crippen molar-refractivity contribution >= 4 is 17.8 Å². The second-order valence-electron chi connectivity index (χ2n) is 9.04. The molecule has 0 bridgehead atoms. The minimum Gasteiger partial charge on any atom is -0.444 e. The van der Waals surface area contributed by atoms with Crippen molar-refractivity contribution < 1.29 is 27.6 Å². The molecular weight excluding hydrogens is 384 g/mol. The number of anilines is 1. The Morgan fingerprint density at radius 1 is 1.28 bits per heavy atom. The maximum atomic E-state index is 13.3.